The lowest BCUT2D eigenvalue weighted by Crippen LogP contribution is -2.31. The molecule has 186 valence electrons. The van der Waals surface area contributed by atoms with E-state index in [2.05, 4.69) is 10.1 Å². The Morgan fingerprint density at radius 1 is 1.11 bits per heavy atom. The van der Waals surface area contributed by atoms with Crippen LogP contribution >= 0.6 is 0 Å². The van der Waals surface area contributed by atoms with E-state index < -0.39 is 44.5 Å². The summed E-state index contributed by atoms with van der Waals surface area (Å²) in [6.07, 6.45) is -1.46. The summed E-state index contributed by atoms with van der Waals surface area (Å²) in [4.78, 5) is 17.0. The van der Waals surface area contributed by atoms with Crippen molar-refractivity contribution >= 4 is 15.6 Å². The number of pyridine rings is 1. The van der Waals surface area contributed by atoms with E-state index in [1.54, 1.807) is 19.1 Å². The van der Waals surface area contributed by atoms with E-state index in [1.165, 1.54) is 12.4 Å². The van der Waals surface area contributed by atoms with Crippen LogP contribution in [0.5, 0.6) is 0 Å². The standard InChI is InChI=1S/C24H23F4N3O3S/c1-15-5-9-18(13-29-15)31-14-16(23(30-31)24(26,27)28)6-12-21(32)20-3-2-4-22(20)35(33,34)19-10-7-17(25)8-11-19/h5,7-11,13-14,20,22H,2-4,6,12H2,1H3/t20-,22-/m0/s1. The molecule has 0 unspecified atom stereocenters. The van der Waals surface area contributed by atoms with Crippen LogP contribution in [0.2, 0.25) is 0 Å². The molecule has 0 N–H and O–H groups in total. The Morgan fingerprint density at radius 2 is 1.83 bits per heavy atom. The molecule has 0 aliphatic heterocycles. The van der Waals surface area contributed by atoms with Crippen LogP contribution in [-0.2, 0) is 27.2 Å². The second kappa shape index (κ2) is 9.52. The first kappa shape index (κ1) is 25.0. The maximum Gasteiger partial charge on any atom is 0.435 e. The number of sulfone groups is 1. The van der Waals surface area contributed by atoms with Gasteiger partial charge in [0, 0.05) is 29.8 Å². The number of aryl methyl sites for hydroxylation is 2. The van der Waals surface area contributed by atoms with E-state index in [-0.39, 0.29) is 29.7 Å². The first-order valence-electron chi connectivity index (χ1n) is 11.1. The predicted octanol–water partition coefficient (Wildman–Crippen LogP) is 4.88. The summed E-state index contributed by atoms with van der Waals surface area (Å²) < 4.78 is 81.3. The highest BCUT2D eigenvalue weighted by Gasteiger charge is 2.42. The van der Waals surface area contributed by atoms with Gasteiger partial charge in [0.2, 0.25) is 0 Å². The third-order valence-corrected chi connectivity index (χ3v) is 8.56. The number of aromatic nitrogens is 3. The van der Waals surface area contributed by atoms with E-state index in [0.29, 0.717) is 24.2 Å². The maximum atomic E-state index is 13.6. The average Bonchev–Trinajstić information content (AvgIpc) is 3.46. The van der Waals surface area contributed by atoms with Crippen LogP contribution in [0.1, 0.15) is 42.6 Å². The summed E-state index contributed by atoms with van der Waals surface area (Å²) >= 11 is 0. The van der Waals surface area contributed by atoms with Crippen molar-refractivity contribution < 1.29 is 30.8 Å². The van der Waals surface area contributed by atoms with Crippen molar-refractivity contribution in [3.05, 3.63) is 71.6 Å². The summed E-state index contributed by atoms with van der Waals surface area (Å²) in [6.45, 7) is 1.75. The molecule has 4 rings (SSSR count). The number of rotatable bonds is 7. The summed E-state index contributed by atoms with van der Waals surface area (Å²) in [6, 6.07) is 7.64. The van der Waals surface area contributed by atoms with Crippen molar-refractivity contribution in [1.82, 2.24) is 14.8 Å². The Bertz CT molecular complexity index is 1320. The molecule has 35 heavy (non-hydrogen) atoms. The minimum atomic E-state index is -4.72. The molecular weight excluding hydrogens is 486 g/mol. The molecule has 1 aliphatic rings. The van der Waals surface area contributed by atoms with E-state index in [1.807, 2.05) is 0 Å². The van der Waals surface area contributed by atoms with E-state index in [9.17, 15) is 30.8 Å². The van der Waals surface area contributed by atoms with Crippen LogP contribution in [0.25, 0.3) is 5.69 Å². The number of halogens is 4. The van der Waals surface area contributed by atoms with Crippen molar-refractivity contribution in [3.63, 3.8) is 0 Å². The number of carbonyl (C=O) groups excluding carboxylic acids is 1. The van der Waals surface area contributed by atoms with Gasteiger partial charge in [-0.15, -0.1) is 0 Å². The zero-order valence-electron chi connectivity index (χ0n) is 18.8. The highest BCUT2D eigenvalue weighted by atomic mass is 32.2. The number of carbonyl (C=O) groups is 1. The molecule has 11 heteroatoms. The molecule has 3 aromatic rings. The quantitative estimate of drug-likeness (QED) is 0.335. The van der Waals surface area contributed by atoms with Crippen LogP contribution in [0, 0.1) is 18.7 Å². The van der Waals surface area contributed by atoms with Crippen LogP contribution in [0.3, 0.4) is 0 Å². The van der Waals surface area contributed by atoms with Gasteiger partial charge in [0.25, 0.3) is 0 Å². The first-order chi connectivity index (χ1) is 16.5. The zero-order chi connectivity index (χ0) is 25.4. The molecule has 0 spiro atoms. The van der Waals surface area contributed by atoms with Gasteiger partial charge in [-0.05, 0) is 62.6 Å². The molecule has 2 heterocycles. The van der Waals surface area contributed by atoms with E-state index >= 15 is 0 Å². The van der Waals surface area contributed by atoms with Gasteiger partial charge in [0.15, 0.2) is 15.5 Å². The third kappa shape index (κ3) is 5.29. The van der Waals surface area contributed by atoms with Gasteiger partial charge < -0.3 is 0 Å². The Balaban J connectivity index is 1.53. The predicted molar refractivity (Wildman–Crippen MR) is 119 cm³/mol. The largest absolute Gasteiger partial charge is 0.435 e. The highest BCUT2D eigenvalue weighted by molar-refractivity contribution is 7.92. The molecule has 0 amide bonds. The van der Waals surface area contributed by atoms with E-state index in [0.717, 1.165) is 28.9 Å². The molecule has 0 saturated heterocycles. The lowest BCUT2D eigenvalue weighted by atomic mass is 9.96. The fourth-order valence-electron chi connectivity index (χ4n) is 4.47. The van der Waals surface area contributed by atoms with Crippen molar-refractivity contribution in [2.75, 3.05) is 0 Å². The zero-order valence-corrected chi connectivity index (χ0v) is 19.6. The van der Waals surface area contributed by atoms with Gasteiger partial charge in [-0.2, -0.15) is 18.3 Å². The van der Waals surface area contributed by atoms with Crippen molar-refractivity contribution in [2.45, 2.75) is 55.3 Å². The van der Waals surface area contributed by atoms with Gasteiger partial charge in [-0.1, -0.05) is 6.42 Å². The fourth-order valence-corrected chi connectivity index (χ4v) is 6.53. The Hall–Kier alpha value is -3.08. The normalized spacial score (nSPS) is 18.7. The fraction of sp³-hybridized carbons (Fsp3) is 0.375. The minimum absolute atomic E-state index is 0.0732. The van der Waals surface area contributed by atoms with Crippen molar-refractivity contribution in [3.8, 4) is 5.69 Å². The number of nitrogens with zero attached hydrogens (tertiary/aromatic N) is 3. The summed E-state index contributed by atoms with van der Waals surface area (Å²) in [5, 5.41) is 2.69. The molecule has 1 aliphatic carbocycles. The van der Waals surface area contributed by atoms with Gasteiger partial charge in [0.05, 0.1) is 22.0 Å². The lowest BCUT2D eigenvalue weighted by molar-refractivity contribution is -0.142. The minimum Gasteiger partial charge on any atom is -0.299 e. The number of hydrogen-bond donors (Lipinski definition) is 0. The number of ketones is 1. The third-order valence-electron chi connectivity index (χ3n) is 6.27. The number of benzene rings is 1. The molecule has 2 aromatic heterocycles. The van der Waals surface area contributed by atoms with Crippen molar-refractivity contribution in [1.29, 1.82) is 0 Å². The first-order valence-corrected chi connectivity index (χ1v) is 12.6. The van der Waals surface area contributed by atoms with Gasteiger partial charge >= 0.3 is 6.18 Å². The Morgan fingerprint density at radius 3 is 2.46 bits per heavy atom. The smallest absolute Gasteiger partial charge is 0.299 e. The molecule has 0 radical (unpaired) electrons. The number of alkyl halides is 3. The number of hydrogen-bond acceptors (Lipinski definition) is 5. The summed E-state index contributed by atoms with van der Waals surface area (Å²) in [5.41, 5.74) is -0.195. The Kier molecular flexibility index (Phi) is 6.81. The summed E-state index contributed by atoms with van der Waals surface area (Å²) in [5.74, 6) is -1.81. The molecule has 0 bridgehead atoms. The van der Waals surface area contributed by atoms with E-state index in [4.69, 9.17) is 0 Å². The van der Waals surface area contributed by atoms with Crippen LogP contribution in [0.15, 0.2) is 53.7 Å². The van der Waals surface area contributed by atoms with Crippen molar-refractivity contribution in [2.24, 2.45) is 5.92 Å². The van der Waals surface area contributed by atoms with Gasteiger partial charge in [-0.25, -0.2) is 17.5 Å². The topological polar surface area (TPSA) is 81.9 Å². The highest BCUT2D eigenvalue weighted by Crippen LogP contribution is 2.37. The molecule has 6 nitrogen and oxygen atoms in total. The molecule has 1 aromatic carbocycles. The van der Waals surface area contributed by atoms with Crippen LogP contribution in [-0.4, -0.2) is 34.2 Å². The average molecular weight is 510 g/mol. The lowest BCUT2D eigenvalue weighted by Gasteiger charge is -2.19. The molecular formula is C24H23F4N3O3S. The maximum absolute atomic E-state index is 13.6. The SMILES string of the molecule is Cc1ccc(-n2cc(CCC(=O)[C@@H]3CCC[C@@H]3S(=O)(=O)c3ccc(F)cc3)c(C(F)(F)F)n2)cn1. The molecule has 1 fully saturated rings. The second-order valence-corrected chi connectivity index (χ2v) is 10.8. The van der Waals surface area contributed by atoms with Gasteiger partial charge in [-0.3, -0.25) is 9.78 Å². The number of Topliss-reactive ketones (excluding diaryl/α,β-unsaturated/α-hetero) is 1. The van der Waals surface area contributed by atoms with Crippen LogP contribution in [0.4, 0.5) is 17.6 Å². The van der Waals surface area contributed by atoms with Crippen LogP contribution < -0.4 is 0 Å². The van der Waals surface area contributed by atoms with Gasteiger partial charge in [0.1, 0.15) is 11.6 Å². The molecule has 2 atom stereocenters. The monoisotopic (exact) mass is 509 g/mol. The second-order valence-electron chi connectivity index (χ2n) is 8.64. The Labute approximate surface area is 199 Å². The summed E-state index contributed by atoms with van der Waals surface area (Å²) in [7, 11) is -3.89. The molecule has 1 saturated carbocycles.